The molecule has 0 aliphatic carbocycles. The third-order valence-electron chi connectivity index (χ3n) is 1.75. The highest BCUT2D eigenvalue weighted by Crippen LogP contribution is 2.21. The van der Waals surface area contributed by atoms with Gasteiger partial charge < -0.3 is 9.84 Å². The maximum absolute atomic E-state index is 13.2. The van der Waals surface area contributed by atoms with Crippen LogP contribution in [0.4, 0.5) is 4.39 Å². The van der Waals surface area contributed by atoms with Crippen LogP contribution < -0.4 is 4.74 Å². The maximum atomic E-state index is 13.2. The van der Waals surface area contributed by atoms with Crippen molar-refractivity contribution in [2.45, 2.75) is 13.0 Å². The van der Waals surface area contributed by atoms with Crippen molar-refractivity contribution in [1.29, 1.82) is 0 Å². The van der Waals surface area contributed by atoms with E-state index in [0.29, 0.717) is 5.56 Å². The van der Waals surface area contributed by atoms with Crippen LogP contribution in [-0.2, 0) is 0 Å². The third-order valence-corrected chi connectivity index (χ3v) is 1.75. The molecule has 1 aromatic carbocycles. The van der Waals surface area contributed by atoms with E-state index < -0.39 is 11.9 Å². The first-order chi connectivity index (χ1) is 6.65. The molecule has 0 spiro atoms. The van der Waals surface area contributed by atoms with Gasteiger partial charge in [0, 0.05) is 0 Å². The Morgan fingerprint density at radius 1 is 1.64 bits per heavy atom. The van der Waals surface area contributed by atoms with E-state index in [1.165, 1.54) is 12.1 Å². The average molecular weight is 194 g/mol. The molecule has 1 aromatic rings. The third kappa shape index (κ3) is 2.48. The lowest BCUT2D eigenvalue weighted by molar-refractivity contribution is 0.198. The molecule has 3 heteroatoms. The van der Waals surface area contributed by atoms with Crippen molar-refractivity contribution < 1.29 is 14.2 Å². The predicted molar refractivity (Wildman–Crippen MR) is 51.4 cm³/mol. The van der Waals surface area contributed by atoms with Gasteiger partial charge in [0.25, 0.3) is 0 Å². The van der Waals surface area contributed by atoms with Gasteiger partial charge in [-0.3, -0.25) is 0 Å². The Morgan fingerprint density at radius 2 is 2.36 bits per heavy atom. The molecule has 14 heavy (non-hydrogen) atoms. The Hall–Kier alpha value is -1.53. The Labute approximate surface area is 82.3 Å². The van der Waals surface area contributed by atoms with Crippen molar-refractivity contribution in [3.63, 3.8) is 0 Å². The maximum Gasteiger partial charge on any atom is 0.165 e. The first-order valence-electron chi connectivity index (χ1n) is 4.19. The minimum atomic E-state index is -0.689. The molecule has 0 aliphatic rings. The minimum Gasteiger partial charge on any atom is -0.478 e. The van der Waals surface area contributed by atoms with Crippen LogP contribution in [0.25, 0.3) is 0 Å². The number of aliphatic hydroxyl groups is 1. The van der Waals surface area contributed by atoms with Gasteiger partial charge in [0.05, 0.1) is 6.10 Å². The molecule has 1 N–H and O–H groups in total. The van der Waals surface area contributed by atoms with Gasteiger partial charge in [-0.05, 0) is 24.6 Å². The molecule has 0 amide bonds. The highest BCUT2D eigenvalue weighted by molar-refractivity contribution is 5.30. The number of ether oxygens (including phenoxy) is 1. The van der Waals surface area contributed by atoms with E-state index >= 15 is 0 Å². The summed E-state index contributed by atoms with van der Waals surface area (Å²) in [5, 5.41) is 9.18. The summed E-state index contributed by atoms with van der Waals surface area (Å²) < 4.78 is 18.2. The van der Waals surface area contributed by atoms with E-state index in [9.17, 15) is 9.50 Å². The summed E-state index contributed by atoms with van der Waals surface area (Å²) in [5.41, 5.74) is 0.510. The first-order valence-corrected chi connectivity index (χ1v) is 4.19. The van der Waals surface area contributed by atoms with Crippen molar-refractivity contribution in [3.8, 4) is 18.1 Å². The second-order valence-corrected chi connectivity index (χ2v) is 2.86. The van der Waals surface area contributed by atoms with Crippen LogP contribution in [0.5, 0.6) is 5.75 Å². The highest BCUT2D eigenvalue weighted by atomic mass is 19.1. The Balaban J connectivity index is 2.85. The van der Waals surface area contributed by atoms with Gasteiger partial charge in [-0.1, -0.05) is 12.0 Å². The zero-order valence-corrected chi connectivity index (χ0v) is 7.83. The van der Waals surface area contributed by atoms with Crippen LogP contribution in [0.2, 0.25) is 0 Å². The molecular weight excluding hydrogens is 183 g/mol. The molecule has 0 aliphatic heterocycles. The molecule has 0 aromatic heterocycles. The zero-order valence-electron chi connectivity index (χ0n) is 7.83. The number of rotatable bonds is 3. The topological polar surface area (TPSA) is 29.5 Å². The van der Waals surface area contributed by atoms with Gasteiger partial charge in [0.15, 0.2) is 11.6 Å². The highest BCUT2D eigenvalue weighted by Gasteiger charge is 2.07. The fourth-order valence-electron chi connectivity index (χ4n) is 1.01. The van der Waals surface area contributed by atoms with Gasteiger partial charge in [-0.25, -0.2) is 4.39 Å². The molecule has 0 bridgehead atoms. The molecule has 1 atom stereocenters. The monoisotopic (exact) mass is 194 g/mol. The molecule has 0 heterocycles. The van der Waals surface area contributed by atoms with Gasteiger partial charge in [-0.15, -0.1) is 6.42 Å². The molecule has 0 saturated carbocycles. The zero-order chi connectivity index (χ0) is 10.6. The molecule has 0 saturated heterocycles. The minimum absolute atomic E-state index is 0.0327. The van der Waals surface area contributed by atoms with Crippen LogP contribution in [0.3, 0.4) is 0 Å². The summed E-state index contributed by atoms with van der Waals surface area (Å²) in [5.74, 6) is 1.83. The largest absolute Gasteiger partial charge is 0.478 e. The lowest BCUT2D eigenvalue weighted by Gasteiger charge is -2.07. The molecule has 0 unspecified atom stereocenters. The van der Waals surface area contributed by atoms with Gasteiger partial charge in [0.2, 0.25) is 0 Å². The molecular formula is C11H11FO2. The van der Waals surface area contributed by atoms with E-state index in [0.717, 1.165) is 0 Å². The standard InChI is InChI=1S/C11H11FO2/c1-3-6-14-11-5-4-9(8(2)13)7-10(11)12/h1,4-5,7-8,13H,6H2,2H3/t8-/m1/s1. The van der Waals surface area contributed by atoms with Crippen LogP contribution in [-0.4, -0.2) is 11.7 Å². The number of hydrogen-bond acceptors (Lipinski definition) is 2. The van der Waals surface area contributed by atoms with Crippen LogP contribution >= 0.6 is 0 Å². The number of hydrogen-bond donors (Lipinski definition) is 1. The lowest BCUT2D eigenvalue weighted by Crippen LogP contribution is -1.98. The summed E-state index contributed by atoms with van der Waals surface area (Å²) >= 11 is 0. The van der Waals surface area contributed by atoms with Crippen molar-refractivity contribution in [2.75, 3.05) is 6.61 Å². The van der Waals surface area contributed by atoms with Gasteiger partial charge in [-0.2, -0.15) is 0 Å². The van der Waals surface area contributed by atoms with E-state index in [4.69, 9.17) is 11.2 Å². The number of benzene rings is 1. The molecule has 2 nitrogen and oxygen atoms in total. The lowest BCUT2D eigenvalue weighted by atomic mass is 10.1. The van der Waals surface area contributed by atoms with Crippen molar-refractivity contribution in [2.24, 2.45) is 0 Å². The van der Waals surface area contributed by atoms with E-state index in [1.54, 1.807) is 13.0 Å². The molecule has 0 radical (unpaired) electrons. The molecule has 0 fully saturated rings. The quantitative estimate of drug-likeness (QED) is 0.744. The normalized spacial score (nSPS) is 11.9. The Morgan fingerprint density at radius 3 is 2.86 bits per heavy atom. The Kier molecular flexibility index (Phi) is 3.49. The van der Waals surface area contributed by atoms with Crippen molar-refractivity contribution in [1.82, 2.24) is 0 Å². The number of halogens is 1. The predicted octanol–water partition coefficient (Wildman–Crippen LogP) is 1.89. The van der Waals surface area contributed by atoms with Crippen LogP contribution in [0, 0.1) is 18.2 Å². The second-order valence-electron chi connectivity index (χ2n) is 2.86. The summed E-state index contributed by atoms with van der Waals surface area (Å²) in [6.45, 7) is 1.60. The SMILES string of the molecule is C#CCOc1ccc([C@@H](C)O)cc1F. The first kappa shape index (κ1) is 10.6. The van der Waals surface area contributed by atoms with Crippen LogP contribution in [0.15, 0.2) is 18.2 Å². The van der Waals surface area contributed by atoms with E-state index in [-0.39, 0.29) is 12.4 Å². The summed E-state index contributed by atoms with van der Waals surface area (Å²) in [6.07, 6.45) is 4.28. The second kappa shape index (κ2) is 4.64. The smallest absolute Gasteiger partial charge is 0.165 e. The Bertz CT molecular complexity index is 353. The summed E-state index contributed by atoms with van der Waals surface area (Å²) in [7, 11) is 0. The molecule has 1 rings (SSSR count). The van der Waals surface area contributed by atoms with Crippen molar-refractivity contribution in [3.05, 3.63) is 29.6 Å². The van der Waals surface area contributed by atoms with Gasteiger partial charge in [0.1, 0.15) is 6.61 Å². The summed E-state index contributed by atoms with van der Waals surface area (Å²) in [6, 6.07) is 4.28. The number of aliphatic hydroxyl groups excluding tert-OH is 1. The summed E-state index contributed by atoms with van der Waals surface area (Å²) in [4.78, 5) is 0. The average Bonchev–Trinajstić information content (AvgIpc) is 2.15. The van der Waals surface area contributed by atoms with Gasteiger partial charge >= 0.3 is 0 Å². The number of terminal acetylenes is 1. The molecule has 74 valence electrons. The fraction of sp³-hybridized carbons (Fsp3) is 0.273. The fourth-order valence-corrected chi connectivity index (χ4v) is 1.01. The van der Waals surface area contributed by atoms with Crippen LogP contribution in [0.1, 0.15) is 18.6 Å². The van der Waals surface area contributed by atoms with E-state index in [2.05, 4.69) is 5.92 Å². The van der Waals surface area contributed by atoms with Crippen molar-refractivity contribution >= 4 is 0 Å². The van der Waals surface area contributed by atoms with E-state index in [1.807, 2.05) is 0 Å².